The van der Waals surface area contributed by atoms with Crippen LogP contribution in [-0.2, 0) is 0 Å². The lowest BCUT2D eigenvalue weighted by molar-refractivity contribution is 0.329. The van der Waals surface area contributed by atoms with Crippen LogP contribution in [0.5, 0.6) is 0 Å². The molecule has 0 aliphatic carbocycles. The SMILES string of the molecule is CCCCCCCCCCCCCCCCCCCC(CCCCCCCCCCCCCCCC)NC(CCCCCCCCCCCCCCCC)CCCCCCCCCCCCCCCCCCC. The van der Waals surface area contributed by atoms with E-state index in [9.17, 15) is 0 Å². The van der Waals surface area contributed by atoms with Gasteiger partial charge in [-0.15, -0.1) is 0 Å². The Balaban J connectivity index is 4.85. The number of nitrogens with one attached hydrogen (secondary N) is 1. The fourth-order valence-corrected chi connectivity index (χ4v) is 12.4. The van der Waals surface area contributed by atoms with E-state index in [1.54, 1.807) is 0 Å². The third-order valence-corrected chi connectivity index (χ3v) is 17.6. The van der Waals surface area contributed by atoms with Crippen molar-refractivity contribution in [1.29, 1.82) is 0 Å². The van der Waals surface area contributed by atoms with E-state index in [4.69, 9.17) is 0 Å². The van der Waals surface area contributed by atoms with Crippen molar-refractivity contribution >= 4 is 0 Å². The Morgan fingerprint density at radius 3 is 0.342 bits per heavy atom. The summed E-state index contributed by atoms with van der Waals surface area (Å²) in [5.74, 6) is 0. The lowest BCUT2D eigenvalue weighted by Crippen LogP contribution is -2.38. The van der Waals surface area contributed by atoms with Crippen molar-refractivity contribution in [2.24, 2.45) is 0 Å². The van der Waals surface area contributed by atoms with Crippen molar-refractivity contribution < 1.29 is 0 Å². The molecule has 73 heavy (non-hydrogen) atoms. The molecule has 440 valence electrons. The van der Waals surface area contributed by atoms with Gasteiger partial charge < -0.3 is 5.32 Å². The molecule has 0 saturated heterocycles. The van der Waals surface area contributed by atoms with Crippen molar-refractivity contribution in [1.82, 2.24) is 5.32 Å². The maximum absolute atomic E-state index is 4.46. The molecular formula is C72H147N. The molecule has 0 spiro atoms. The van der Waals surface area contributed by atoms with Crippen LogP contribution in [0, 0.1) is 0 Å². The third-order valence-electron chi connectivity index (χ3n) is 17.6. The summed E-state index contributed by atoms with van der Waals surface area (Å²) in [6.45, 7) is 9.32. The molecule has 0 radical (unpaired) electrons. The van der Waals surface area contributed by atoms with Gasteiger partial charge in [-0.05, 0) is 25.7 Å². The molecule has 2 unspecified atom stereocenters. The molecule has 0 aromatic carbocycles. The molecule has 2 atom stereocenters. The van der Waals surface area contributed by atoms with Crippen LogP contribution in [0.2, 0.25) is 0 Å². The molecule has 1 heteroatoms. The maximum Gasteiger partial charge on any atom is 0.00696 e. The zero-order valence-corrected chi connectivity index (χ0v) is 52.3. The molecule has 0 aromatic rings. The average molecular weight is 1030 g/mol. The summed E-state index contributed by atoms with van der Waals surface area (Å²) >= 11 is 0. The third kappa shape index (κ3) is 64.4. The van der Waals surface area contributed by atoms with Crippen molar-refractivity contribution in [3.8, 4) is 0 Å². The highest BCUT2D eigenvalue weighted by molar-refractivity contribution is 4.76. The summed E-state index contributed by atoms with van der Waals surface area (Å²) in [5, 5.41) is 4.46. The summed E-state index contributed by atoms with van der Waals surface area (Å²) in [4.78, 5) is 0. The van der Waals surface area contributed by atoms with Crippen LogP contribution in [0.25, 0.3) is 0 Å². The van der Waals surface area contributed by atoms with Gasteiger partial charge in [0.05, 0.1) is 0 Å². The second-order valence-electron chi connectivity index (χ2n) is 25.2. The minimum absolute atomic E-state index is 0.760. The van der Waals surface area contributed by atoms with Crippen LogP contribution in [-0.4, -0.2) is 12.1 Å². The monoisotopic (exact) mass is 1030 g/mol. The largest absolute Gasteiger partial charge is 0.311 e. The van der Waals surface area contributed by atoms with Gasteiger partial charge >= 0.3 is 0 Å². The molecule has 0 aliphatic rings. The lowest BCUT2D eigenvalue weighted by Gasteiger charge is -2.27. The van der Waals surface area contributed by atoms with Gasteiger partial charge in [-0.25, -0.2) is 0 Å². The van der Waals surface area contributed by atoms with Crippen LogP contribution in [0.4, 0.5) is 0 Å². The first-order chi connectivity index (χ1) is 36.3. The first kappa shape index (κ1) is 73.0. The molecule has 0 fully saturated rings. The highest BCUT2D eigenvalue weighted by Crippen LogP contribution is 2.22. The first-order valence-electron chi connectivity index (χ1n) is 36.0. The molecule has 0 rings (SSSR count). The van der Waals surface area contributed by atoms with E-state index in [1.165, 1.54) is 424 Å². The fraction of sp³-hybridized carbons (Fsp3) is 1.00. The minimum Gasteiger partial charge on any atom is -0.311 e. The number of hydrogen-bond acceptors (Lipinski definition) is 1. The first-order valence-corrected chi connectivity index (χ1v) is 36.0. The van der Waals surface area contributed by atoms with Crippen LogP contribution in [0.15, 0.2) is 0 Å². The Labute approximate surface area is 466 Å². The molecular weight excluding hydrogens is 879 g/mol. The Morgan fingerprint density at radius 1 is 0.137 bits per heavy atom. The van der Waals surface area contributed by atoms with Gasteiger partial charge in [0.1, 0.15) is 0 Å². The fourth-order valence-electron chi connectivity index (χ4n) is 12.4. The topological polar surface area (TPSA) is 12.0 Å². The average Bonchev–Trinajstić information content (AvgIpc) is 3.40. The van der Waals surface area contributed by atoms with Crippen LogP contribution >= 0.6 is 0 Å². The minimum atomic E-state index is 0.760. The Hall–Kier alpha value is -0.0400. The smallest absolute Gasteiger partial charge is 0.00696 e. The molecule has 0 bridgehead atoms. The molecule has 0 saturated carbocycles. The van der Waals surface area contributed by atoms with Crippen molar-refractivity contribution in [3.05, 3.63) is 0 Å². The van der Waals surface area contributed by atoms with E-state index in [0.717, 1.165) is 12.1 Å². The molecule has 0 aliphatic heterocycles. The zero-order valence-electron chi connectivity index (χ0n) is 52.3. The van der Waals surface area contributed by atoms with Crippen molar-refractivity contribution in [2.45, 2.75) is 464 Å². The standard InChI is InChI=1S/C72H147N/c1-5-9-13-17-21-25-29-33-37-39-41-45-49-53-57-61-65-69-71(67-63-59-55-51-47-43-35-31-27-23-19-15-11-7-3)73-72(68-64-60-56-52-48-44-36-32-28-24-20-16-12-8-4)70-66-62-58-54-50-46-42-40-38-34-30-26-22-18-14-10-6-2/h71-73H,5-70H2,1-4H3. The van der Waals surface area contributed by atoms with E-state index in [1.807, 2.05) is 0 Å². The summed E-state index contributed by atoms with van der Waals surface area (Å²) < 4.78 is 0. The van der Waals surface area contributed by atoms with E-state index in [2.05, 4.69) is 33.0 Å². The van der Waals surface area contributed by atoms with Gasteiger partial charge in [-0.2, -0.15) is 0 Å². The van der Waals surface area contributed by atoms with E-state index in [-0.39, 0.29) is 0 Å². The lowest BCUT2D eigenvalue weighted by atomic mass is 9.95. The molecule has 0 aromatic heterocycles. The normalized spacial score (nSPS) is 12.7. The quantitative estimate of drug-likeness (QED) is 0.0599. The number of unbranched alkanes of at least 4 members (excludes halogenated alkanes) is 58. The summed E-state index contributed by atoms with van der Waals surface area (Å²) in [5.41, 5.74) is 0. The number of rotatable bonds is 68. The van der Waals surface area contributed by atoms with Gasteiger partial charge in [0.2, 0.25) is 0 Å². The molecule has 1 nitrogen and oxygen atoms in total. The maximum atomic E-state index is 4.46. The van der Waals surface area contributed by atoms with Crippen molar-refractivity contribution in [2.75, 3.05) is 0 Å². The Kier molecular flexibility index (Phi) is 68.0. The summed E-state index contributed by atoms with van der Waals surface area (Å²) in [6, 6.07) is 1.52. The van der Waals surface area contributed by atoms with E-state index < -0.39 is 0 Å². The van der Waals surface area contributed by atoms with Gasteiger partial charge in [0, 0.05) is 12.1 Å². The predicted octanol–water partition coefficient (Wildman–Crippen LogP) is 27.1. The van der Waals surface area contributed by atoms with Gasteiger partial charge in [0.25, 0.3) is 0 Å². The number of hydrogen-bond donors (Lipinski definition) is 1. The molecule has 1 N–H and O–H groups in total. The van der Waals surface area contributed by atoms with Gasteiger partial charge in [-0.1, -0.05) is 426 Å². The second-order valence-corrected chi connectivity index (χ2v) is 25.2. The van der Waals surface area contributed by atoms with Crippen LogP contribution in [0.3, 0.4) is 0 Å². The second kappa shape index (κ2) is 68.1. The summed E-state index contributed by atoms with van der Waals surface area (Å²) in [7, 11) is 0. The van der Waals surface area contributed by atoms with Crippen LogP contribution in [0.1, 0.15) is 451 Å². The Morgan fingerprint density at radius 2 is 0.233 bits per heavy atom. The predicted molar refractivity (Wildman–Crippen MR) is 338 cm³/mol. The van der Waals surface area contributed by atoms with Gasteiger partial charge in [-0.3, -0.25) is 0 Å². The highest BCUT2D eigenvalue weighted by atomic mass is 14.9. The Bertz CT molecular complexity index is 839. The van der Waals surface area contributed by atoms with Crippen molar-refractivity contribution in [3.63, 3.8) is 0 Å². The summed E-state index contributed by atoms with van der Waals surface area (Å²) in [6.07, 6.45) is 96.9. The van der Waals surface area contributed by atoms with E-state index in [0.29, 0.717) is 0 Å². The highest BCUT2D eigenvalue weighted by Gasteiger charge is 2.16. The zero-order chi connectivity index (χ0) is 52.5. The van der Waals surface area contributed by atoms with Crippen LogP contribution < -0.4 is 5.32 Å². The molecule has 0 amide bonds. The van der Waals surface area contributed by atoms with E-state index >= 15 is 0 Å². The molecule has 0 heterocycles. The van der Waals surface area contributed by atoms with Gasteiger partial charge in [0.15, 0.2) is 0 Å².